The number of carbonyl (C=O) groups excluding carboxylic acids is 2. The zero-order chi connectivity index (χ0) is 13.7. The van der Waals surface area contributed by atoms with Crippen molar-refractivity contribution in [3.05, 3.63) is 71.3 Å². The molecule has 1 aliphatic heterocycles. The van der Waals surface area contributed by atoms with E-state index < -0.39 is 0 Å². The maximum absolute atomic E-state index is 12.6. The molecule has 0 atom stereocenters. The van der Waals surface area contributed by atoms with Crippen LogP contribution in [0.3, 0.4) is 0 Å². The molecule has 0 unspecified atom stereocenters. The number of rotatable bonds is 1. The van der Waals surface area contributed by atoms with Gasteiger partial charge < -0.3 is 0 Å². The summed E-state index contributed by atoms with van der Waals surface area (Å²) >= 11 is 0. The van der Waals surface area contributed by atoms with Crippen molar-refractivity contribution in [1.29, 1.82) is 0 Å². The number of hydrogen-bond donors (Lipinski definition) is 0. The lowest BCUT2D eigenvalue weighted by Crippen LogP contribution is -2.32. The quantitative estimate of drug-likeness (QED) is 0.740. The van der Waals surface area contributed by atoms with Gasteiger partial charge in [0.15, 0.2) is 0 Å². The number of hydrogen-bond acceptors (Lipinski definition) is 2. The van der Waals surface area contributed by atoms with E-state index in [1.165, 1.54) is 4.90 Å². The van der Waals surface area contributed by atoms with Crippen LogP contribution in [0.4, 0.5) is 5.69 Å². The van der Waals surface area contributed by atoms with Crippen molar-refractivity contribution in [2.75, 3.05) is 4.90 Å². The van der Waals surface area contributed by atoms with Crippen molar-refractivity contribution < 1.29 is 9.59 Å². The number of para-hydroxylation sites is 1. The van der Waals surface area contributed by atoms with Crippen LogP contribution in [0.15, 0.2) is 60.2 Å². The zero-order valence-electron chi connectivity index (χ0n) is 10.7. The Kier molecular flexibility index (Phi) is 2.18. The first-order valence-corrected chi connectivity index (χ1v) is 6.52. The molecule has 1 aliphatic carbocycles. The van der Waals surface area contributed by atoms with Crippen LogP contribution >= 0.6 is 0 Å². The van der Waals surface area contributed by atoms with Gasteiger partial charge in [0.2, 0.25) is 0 Å². The van der Waals surface area contributed by atoms with Gasteiger partial charge in [-0.1, -0.05) is 42.5 Å². The largest absolute Gasteiger partial charge is 0.269 e. The summed E-state index contributed by atoms with van der Waals surface area (Å²) in [7, 11) is 0. The molecule has 2 aromatic rings. The predicted molar refractivity (Wildman–Crippen MR) is 76.0 cm³/mol. The molecule has 2 aliphatic rings. The number of benzene rings is 2. The van der Waals surface area contributed by atoms with Crippen molar-refractivity contribution in [2.24, 2.45) is 0 Å². The Morgan fingerprint density at radius 3 is 2.30 bits per heavy atom. The molecule has 3 heteroatoms. The zero-order valence-corrected chi connectivity index (χ0v) is 10.7. The summed E-state index contributed by atoms with van der Waals surface area (Å²) < 4.78 is 0. The third-order valence-corrected chi connectivity index (χ3v) is 3.85. The maximum Gasteiger partial charge on any atom is 0.266 e. The third-order valence-electron chi connectivity index (χ3n) is 3.85. The molecule has 0 spiro atoms. The van der Waals surface area contributed by atoms with Crippen molar-refractivity contribution >= 4 is 23.1 Å². The van der Waals surface area contributed by atoms with Gasteiger partial charge in [-0.3, -0.25) is 9.59 Å². The Morgan fingerprint density at radius 1 is 0.800 bits per heavy atom. The number of carbonyl (C=O) groups is 2. The van der Waals surface area contributed by atoms with E-state index >= 15 is 0 Å². The molecule has 0 saturated heterocycles. The summed E-state index contributed by atoms with van der Waals surface area (Å²) in [6.45, 7) is 0. The molecule has 1 heterocycles. The van der Waals surface area contributed by atoms with Crippen molar-refractivity contribution in [2.45, 2.75) is 6.42 Å². The van der Waals surface area contributed by atoms with Gasteiger partial charge in [-0.2, -0.15) is 0 Å². The summed E-state index contributed by atoms with van der Waals surface area (Å²) in [5.74, 6) is -0.395. The number of fused-ring (bicyclic) bond motifs is 2. The number of nitrogens with zero attached hydrogens (tertiary/aromatic N) is 1. The molecule has 0 N–H and O–H groups in total. The average Bonchev–Trinajstić information content (AvgIpc) is 2.97. The summed E-state index contributed by atoms with van der Waals surface area (Å²) in [4.78, 5) is 26.4. The Labute approximate surface area is 116 Å². The van der Waals surface area contributed by atoms with E-state index in [4.69, 9.17) is 0 Å². The molecule has 0 radical (unpaired) electrons. The minimum Gasteiger partial charge on any atom is -0.269 e. The first-order chi connectivity index (χ1) is 9.77. The fraction of sp³-hybridized carbons (Fsp3) is 0.0588. The highest BCUT2D eigenvalue weighted by atomic mass is 16.2. The van der Waals surface area contributed by atoms with Gasteiger partial charge in [-0.15, -0.1) is 0 Å². The standard InChI is InChI=1S/C17H11NO2/c19-16-14-10-11-6-4-5-9-13(11)15(14)17(20)18(16)12-7-2-1-3-8-12/h1-9H,10H2. The number of anilines is 1. The van der Waals surface area contributed by atoms with E-state index in [9.17, 15) is 9.59 Å². The van der Waals surface area contributed by atoms with Gasteiger partial charge in [0.25, 0.3) is 11.8 Å². The lowest BCUT2D eigenvalue weighted by atomic mass is 10.1. The summed E-state index contributed by atoms with van der Waals surface area (Å²) in [5.41, 5.74) is 3.80. The van der Waals surface area contributed by atoms with E-state index in [-0.39, 0.29) is 11.8 Å². The van der Waals surface area contributed by atoms with Gasteiger partial charge in [-0.05, 0) is 23.3 Å². The van der Waals surface area contributed by atoms with Crippen LogP contribution in [0.25, 0.3) is 5.57 Å². The Hall–Kier alpha value is -2.68. The number of amides is 2. The average molecular weight is 261 g/mol. The van der Waals surface area contributed by atoms with Crippen LogP contribution < -0.4 is 4.90 Å². The van der Waals surface area contributed by atoms with Crippen LogP contribution in [-0.2, 0) is 16.0 Å². The molecule has 2 aromatic carbocycles. The lowest BCUT2D eigenvalue weighted by molar-refractivity contribution is -0.120. The monoisotopic (exact) mass is 261 g/mol. The SMILES string of the molecule is O=C1C2=C(C(=O)N1c1ccccc1)c1ccccc1C2. The van der Waals surface area contributed by atoms with E-state index in [0.717, 1.165) is 11.1 Å². The molecule has 0 bridgehead atoms. The molecule has 0 aromatic heterocycles. The summed E-state index contributed by atoms with van der Waals surface area (Å²) in [5, 5.41) is 0. The summed E-state index contributed by atoms with van der Waals surface area (Å²) in [6.07, 6.45) is 0.555. The van der Waals surface area contributed by atoms with Gasteiger partial charge in [0, 0.05) is 12.0 Å². The number of imide groups is 1. The van der Waals surface area contributed by atoms with Crippen molar-refractivity contribution in [1.82, 2.24) is 0 Å². The first kappa shape index (κ1) is 11.2. The topological polar surface area (TPSA) is 37.4 Å². The van der Waals surface area contributed by atoms with Crippen molar-refractivity contribution in [3.8, 4) is 0 Å². The Balaban J connectivity index is 1.83. The van der Waals surface area contributed by atoms with Gasteiger partial charge in [0.1, 0.15) is 0 Å². The van der Waals surface area contributed by atoms with E-state index in [1.54, 1.807) is 12.1 Å². The van der Waals surface area contributed by atoms with Gasteiger partial charge in [-0.25, -0.2) is 4.90 Å². The maximum atomic E-state index is 12.6. The van der Waals surface area contributed by atoms with E-state index in [2.05, 4.69) is 0 Å². The molecular weight excluding hydrogens is 250 g/mol. The molecule has 96 valence electrons. The van der Waals surface area contributed by atoms with Crippen LogP contribution in [0.2, 0.25) is 0 Å². The lowest BCUT2D eigenvalue weighted by Gasteiger charge is -2.16. The molecule has 3 nitrogen and oxygen atoms in total. The van der Waals surface area contributed by atoms with Crippen LogP contribution in [-0.4, -0.2) is 11.8 Å². The highest BCUT2D eigenvalue weighted by molar-refractivity contribution is 6.46. The van der Waals surface area contributed by atoms with Gasteiger partial charge >= 0.3 is 0 Å². The molecule has 0 saturated carbocycles. The Bertz CT molecular complexity index is 775. The summed E-state index contributed by atoms with van der Waals surface area (Å²) in [6, 6.07) is 16.8. The molecular formula is C17H11NO2. The normalized spacial score (nSPS) is 16.7. The highest BCUT2D eigenvalue weighted by Crippen LogP contribution is 2.40. The fourth-order valence-corrected chi connectivity index (χ4v) is 2.94. The van der Waals surface area contributed by atoms with Crippen LogP contribution in [0, 0.1) is 0 Å². The highest BCUT2D eigenvalue weighted by Gasteiger charge is 2.43. The van der Waals surface area contributed by atoms with Crippen LogP contribution in [0.1, 0.15) is 11.1 Å². The fourth-order valence-electron chi connectivity index (χ4n) is 2.94. The second kappa shape index (κ2) is 3.90. The molecule has 4 rings (SSSR count). The van der Waals surface area contributed by atoms with Crippen LogP contribution in [0.5, 0.6) is 0 Å². The minimum absolute atomic E-state index is 0.188. The third kappa shape index (κ3) is 1.35. The molecule has 2 amide bonds. The van der Waals surface area contributed by atoms with E-state index in [0.29, 0.717) is 23.3 Å². The smallest absolute Gasteiger partial charge is 0.266 e. The van der Waals surface area contributed by atoms with E-state index in [1.807, 2.05) is 42.5 Å². The van der Waals surface area contributed by atoms with Crippen molar-refractivity contribution in [3.63, 3.8) is 0 Å². The Morgan fingerprint density at radius 2 is 1.50 bits per heavy atom. The molecule has 20 heavy (non-hydrogen) atoms. The second-order valence-corrected chi connectivity index (χ2v) is 4.97. The molecule has 0 fully saturated rings. The second-order valence-electron chi connectivity index (χ2n) is 4.97. The minimum atomic E-state index is -0.207. The first-order valence-electron chi connectivity index (χ1n) is 6.52. The predicted octanol–water partition coefficient (Wildman–Crippen LogP) is 2.57. The van der Waals surface area contributed by atoms with Gasteiger partial charge in [0.05, 0.1) is 11.3 Å².